The number of aromatic nitrogens is 3. The van der Waals surface area contributed by atoms with Crippen molar-refractivity contribution in [2.75, 3.05) is 41.3 Å². The summed E-state index contributed by atoms with van der Waals surface area (Å²) in [4.78, 5) is 8.82. The molecule has 4 rings (SSSR count). The summed E-state index contributed by atoms with van der Waals surface area (Å²) in [7, 11) is 0. The molecule has 138 valence electrons. The number of anilines is 4. The van der Waals surface area contributed by atoms with E-state index in [2.05, 4.69) is 36.4 Å². The summed E-state index contributed by atoms with van der Waals surface area (Å²) in [5.41, 5.74) is 1.46. The van der Waals surface area contributed by atoms with Gasteiger partial charge in [-0.3, -0.25) is 0 Å². The van der Waals surface area contributed by atoms with Crippen LogP contribution in [0.2, 0.25) is 5.02 Å². The Morgan fingerprint density at radius 1 is 0.963 bits per heavy atom. The zero-order valence-corrected chi connectivity index (χ0v) is 15.3. The average Bonchev–Trinajstić information content (AvgIpc) is 2.70. The molecule has 0 bridgehead atoms. The average molecular weight is 385 g/mol. The maximum atomic E-state index is 13.8. The van der Waals surface area contributed by atoms with Crippen molar-refractivity contribution in [3.8, 4) is 0 Å². The summed E-state index contributed by atoms with van der Waals surface area (Å²) >= 11 is 6.08. The molecule has 3 aromatic rings. The molecule has 1 N–H and O–H groups in total. The first-order chi connectivity index (χ1) is 13.2. The largest absolute Gasteiger partial charge is 0.368 e. The topological polar surface area (TPSA) is 57.2 Å². The molecule has 1 fully saturated rings. The van der Waals surface area contributed by atoms with E-state index in [-0.39, 0.29) is 5.82 Å². The van der Waals surface area contributed by atoms with Gasteiger partial charge in [-0.05, 0) is 30.3 Å². The summed E-state index contributed by atoms with van der Waals surface area (Å²) < 4.78 is 13.8. The van der Waals surface area contributed by atoms with E-state index in [4.69, 9.17) is 11.6 Å². The molecule has 0 aliphatic carbocycles. The van der Waals surface area contributed by atoms with E-state index in [1.165, 1.54) is 12.3 Å². The van der Waals surface area contributed by atoms with E-state index in [0.717, 1.165) is 36.9 Å². The number of hydrogen-bond donors (Lipinski definition) is 1. The van der Waals surface area contributed by atoms with Crippen LogP contribution < -0.4 is 15.1 Å². The van der Waals surface area contributed by atoms with Crippen LogP contribution >= 0.6 is 11.6 Å². The minimum Gasteiger partial charge on any atom is -0.368 e. The van der Waals surface area contributed by atoms with Crippen LogP contribution in [0.3, 0.4) is 0 Å². The van der Waals surface area contributed by atoms with Gasteiger partial charge in [0.1, 0.15) is 5.82 Å². The summed E-state index contributed by atoms with van der Waals surface area (Å²) in [6.45, 7) is 3.18. The Hall–Kier alpha value is -2.93. The number of nitrogens with zero attached hydrogens (tertiary/aromatic N) is 5. The van der Waals surface area contributed by atoms with Crippen LogP contribution in [0.1, 0.15) is 0 Å². The fraction of sp³-hybridized carbons (Fsp3) is 0.211. The van der Waals surface area contributed by atoms with Crippen molar-refractivity contribution in [1.29, 1.82) is 0 Å². The Balaban J connectivity index is 1.43. The number of halogens is 2. The van der Waals surface area contributed by atoms with Crippen molar-refractivity contribution in [2.24, 2.45) is 0 Å². The van der Waals surface area contributed by atoms with Crippen LogP contribution in [0.4, 0.5) is 27.5 Å². The smallest absolute Gasteiger partial charge is 0.247 e. The molecule has 1 aliphatic rings. The molecular formula is C19H18ClFN6. The highest BCUT2D eigenvalue weighted by Gasteiger charge is 2.20. The minimum absolute atomic E-state index is 0.340. The van der Waals surface area contributed by atoms with Crippen molar-refractivity contribution in [3.05, 3.63) is 65.6 Å². The number of piperazine rings is 1. The van der Waals surface area contributed by atoms with Gasteiger partial charge in [-0.25, -0.2) is 4.39 Å². The van der Waals surface area contributed by atoms with Gasteiger partial charge in [0.25, 0.3) is 0 Å². The number of nitrogens with one attached hydrogen (secondary N) is 1. The van der Waals surface area contributed by atoms with E-state index in [1.54, 1.807) is 18.2 Å². The second-order valence-electron chi connectivity index (χ2n) is 6.20. The zero-order valence-electron chi connectivity index (χ0n) is 14.5. The van der Waals surface area contributed by atoms with Crippen molar-refractivity contribution in [2.45, 2.75) is 0 Å². The second kappa shape index (κ2) is 7.75. The molecule has 8 heteroatoms. The Morgan fingerprint density at radius 3 is 2.52 bits per heavy atom. The molecule has 0 unspecified atom stereocenters. The van der Waals surface area contributed by atoms with E-state index < -0.39 is 0 Å². The normalized spacial score (nSPS) is 14.3. The fourth-order valence-electron chi connectivity index (χ4n) is 3.03. The summed E-state index contributed by atoms with van der Waals surface area (Å²) in [6.07, 6.45) is 1.48. The molecule has 0 radical (unpaired) electrons. The van der Waals surface area contributed by atoms with Gasteiger partial charge in [-0.1, -0.05) is 29.8 Å². The van der Waals surface area contributed by atoms with Gasteiger partial charge in [0.05, 0.1) is 11.9 Å². The van der Waals surface area contributed by atoms with E-state index in [0.29, 0.717) is 17.5 Å². The zero-order chi connectivity index (χ0) is 18.6. The highest BCUT2D eigenvalue weighted by atomic mass is 35.5. The molecule has 0 spiro atoms. The monoisotopic (exact) mass is 384 g/mol. The molecule has 0 amide bonds. The molecule has 1 aliphatic heterocycles. The Kier molecular flexibility index (Phi) is 5.02. The number of para-hydroxylation sites is 1. The Morgan fingerprint density at radius 2 is 1.74 bits per heavy atom. The lowest BCUT2D eigenvalue weighted by molar-refractivity contribution is 0.630. The first-order valence-electron chi connectivity index (χ1n) is 8.66. The first-order valence-corrected chi connectivity index (χ1v) is 9.03. The van der Waals surface area contributed by atoms with Crippen molar-refractivity contribution >= 4 is 34.7 Å². The van der Waals surface area contributed by atoms with Gasteiger partial charge < -0.3 is 15.1 Å². The minimum atomic E-state index is -0.340. The Bertz CT molecular complexity index is 929. The lowest BCUT2D eigenvalue weighted by Gasteiger charge is -2.36. The highest BCUT2D eigenvalue weighted by Crippen LogP contribution is 2.23. The van der Waals surface area contributed by atoms with Crippen molar-refractivity contribution in [1.82, 2.24) is 15.2 Å². The summed E-state index contributed by atoms with van der Waals surface area (Å²) in [6, 6.07) is 14.3. The number of hydrogen-bond acceptors (Lipinski definition) is 6. The highest BCUT2D eigenvalue weighted by molar-refractivity contribution is 6.30. The van der Waals surface area contributed by atoms with E-state index >= 15 is 0 Å². The van der Waals surface area contributed by atoms with Gasteiger partial charge in [-0.15, -0.1) is 5.10 Å². The molecule has 27 heavy (non-hydrogen) atoms. The molecule has 2 aromatic carbocycles. The third kappa shape index (κ3) is 4.09. The molecule has 1 saturated heterocycles. The predicted octanol–water partition coefficient (Wildman–Crippen LogP) is 3.73. The third-order valence-corrected chi connectivity index (χ3v) is 4.66. The number of benzene rings is 2. The lowest BCUT2D eigenvalue weighted by atomic mass is 10.2. The van der Waals surface area contributed by atoms with E-state index in [1.807, 2.05) is 18.2 Å². The van der Waals surface area contributed by atoms with Crippen molar-refractivity contribution < 1.29 is 4.39 Å². The predicted molar refractivity (Wildman–Crippen MR) is 105 cm³/mol. The molecular weight excluding hydrogens is 367 g/mol. The maximum Gasteiger partial charge on any atom is 0.247 e. The summed E-state index contributed by atoms with van der Waals surface area (Å²) in [5.74, 6) is 0.650. The molecule has 6 nitrogen and oxygen atoms in total. The Labute approximate surface area is 161 Å². The van der Waals surface area contributed by atoms with Crippen LogP contribution in [-0.2, 0) is 0 Å². The summed E-state index contributed by atoms with van der Waals surface area (Å²) in [5, 5.41) is 11.8. The lowest BCUT2D eigenvalue weighted by Crippen LogP contribution is -2.47. The van der Waals surface area contributed by atoms with Gasteiger partial charge in [0.2, 0.25) is 5.95 Å². The maximum absolute atomic E-state index is 13.8. The molecule has 1 aromatic heterocycles. The van der Waals surface area contributed by atoms with Crippen molar-refractivity contribution in [3.63, 3.8) is 0 Å². The first kappa shape index (κ1) is 17.5. The van der Waals surface area contributed by atoms with Crippen LogP contribution in [0.5, 0.6) is 0 Å². The van der Waals surface area contributed by atoms with Gasteiger partial charge >= 0.3 is 0 Å². The third-order valence-electron chi connectivity index (χ3n) is 4.42. The van der Waals surface area contributed by atoms with Gasteiger partial charge in [0, 0.05) is 36.9 Å². The fourth-order valence-corrected chi connectivity index (χ4v) is 3.21. The molecule has 0 atom stereocenters. The second-order valence-corrected chi connectivity index (χ2v) is 6.64. The standard InChI is InChI=1S/C19H18ClFN6/c20-14-4-3-5-15(12-14)26-8-10-27(11-9-26)19-24-18(13-22-25-19)23-17-7-2-1-6-16(17)21/h1-7,12-13H,8-11H2,(H,23,24,25). The number of rotatable bonds is 4. The van der Waals surface area contributed by atoms with Crippen LogP contribution in [0.15, 0.2) is 54.7 Å². The van der Waals surface area contributed by atoms with Crippen LogP contribution in [0.25, 0.3) is 0 Å². The molecule has 0 saturated carbocycles. The molecule has 2 heterocycles. The quantitative estimate of drug-likeness (QED) is 0.739. The van der Waals surface area contributed by atoms with Gasteiger partial charge in [-0.2, -0.15) is 10.1 Å². The van der Waals surface area contributed by atoms with E-state index in [9.17, 15) is 4.39 Å². The SMILES string of the molecule is Fc1ccccc1Nc1cnnc(N2CCN(c3cccc(Cl)c3)CC2)n1. The van der Waals surface area contributed by atoms with Crippen LogP contribution in [0, 0.1) is 5.82 Å². The van der Waals surface area contributed by atoms with Gasteiger partial charge in [0.15, 0.2) is 5.82 Å². The van der Waals surface area contributed by atoms with Crippen LogP contribution in [-0.4, -0.2) is 41.4 Å².